The molecule has 0 radical (unpaired) electrons. The molecule has 5 aromatic carbocycles. The number of hydrogen-bond acceptors (Lipinski definition) is 11. The summed E-state index contributed by atoms with van der Waals surface area (Å²) < 4.78 is 12.2. The van der Waals surface area contributed by atoms with Crippen molar-refractivity contribution in [3.63, 3.8) is 0 Å². The van der Waals surface area contributed by atoms with Gasteiger partial charge in [0.2, 0.25) is 17.1 Å². The topological polar surface area (TPSA) is 194 Å². The monoisotopic (exact) mass is 921 g/mol. The first-order chi connectivity index (χ1) is 33.0. The van der Waals surface area contributed by atoms with Crippen molar-refractivity contribution in [2.45, 2.75) is 50.5 Å². The molecule has 0 unspecified atom stereocenters. The van der Waals surface area contributed by atoms with E-state index in [9.17, 15) is 34.5 Å². The first kappa shape index (κ1) is 47.6. The Kier molecular flexibility index (Phi) is 15.6. The first-order valence-corrected chi connectivity index (χ1v) is 23.4. The summed E-state index contributed by atoms with van der Waals surface area (Å²) in [7, 11) is 0. The standard InChI is InChI=1S/C54H59N5O9/c60-47-20-18-45(46-19-21-49(62)57-51(46)47)48(61)32-55-31-37-14-16-41(17-15-37)52(64)56-33-50(63)59-28-24-40(25-29-59)35-67-44-13-7-12-43(30-44)54(66,42-10-5-2-6-11-42)53(65)68-36-39-22-26-58(27-23-39)34-38-8-3-1-4-9-38/h1-21,30,39-40,48,55,60-61,66H,22-29,31-36H2,(H,56,64)(H,57,62)/t48-,54-/m0/s1. The molecule has 8 rings (SSSR count). The van der Waals surface area contributed by atoms with Gasteiger partial charge in [-0.2, -0.15) is 0 Å². The van der Waals surface area contributed by atoms with Crippen LogP contribution in [0.2, 0.25) is 0 Å². The average molecular weight is 922 g/mol. The fourth-order valence-electron chi connectivity index (χ4n) is 9.06. The first-order valence-electron chi connectivity index (χ1n) is 23.4. The molecule has 3 heterocycles. The second-order valence-corrected chi connectivity index (χ2v) is 17.9. The highest BCUT2D eigenvalue weighted by molar-refractivity contribution is 5.96. The Morgan fingerprint density at radius 3 is 2.16 bits per heavy atom. The average Bonchev–Trinajstić information content (AvgIpc) is 3.38. The Labute approximate surface area is 395 Å². The van der Waals surface area contributed by atoms with Gasteiger partial charge in [0.15, 0.2) is 0 Å². The number of ether oxygens (including phenoxy) is 2. The van der Waals surface area contributed by atoms with Crippen LogP contribution in [0.4, 0.5) is 0 Å². The third-order valence-corrected chi connectivity index (χ3v) is 13.1. The number of carbonyl (C=O) groups excluding carboxylic acids is 3. The number of H-pyrrole nitrogens is 1. The molecule has 2 aliphatic rings. The third-order valence-electron chi connectivity index (χ3n) is 13.1. The van der Waals surface area contributed by atoms with Gasteiger partial charge in [-0.25, -0.2) is 4.79 Å². The SMILES string of the molecule is O=C(NCC(=O)N1CCC(COc2cccc([C@](O)(C(=O)OCC3CCN(Cc4ccccc4)CC3)c3ccccc3)c2)CC1)c1ccc(CNC[C@H](O)c2ccc(O)c3[nH]c(=O)ccc23)cc1. The van der Waals surface area contributed by atoms with Crippen LogP contribution in [0, 0.1) is 11.8 Å². The van der Waals surface area contributed by atoms with Crippen LogP contribution in [0.25, 0.3) is 10.9 Å². The Morgan fingerprint density at radius 1 is 0.750 bits per heavy atom. The maximum absolute atomic E-state index is 13.9. The predicted molar refractivity (Wildman–Crippen MR) is 258 cm³/mol. The summed E-state index contributed by atoms with van der Waals surface area (Å²) in [5.74, 6) is -0.441. The molecule has 2 aliphatic heterocycles. The summed E-state index contributed by atoms with van der Waals surface area (Å²) in [6, 6.07) is 39.2. The number of benzene rings is 5. The highest BCUT2D eigenvalue weighted by Crippen LogP contribution is 2.34. The highest BCUT2D eigenvalue weighted by Gasteiger charge is 2.42. The molecule has 0 aliphatic carbocycles. The van der Waals surface area contributed by atoms with Gasteiger partial charge in [-0.15, -0.1) is 0 Å². The normalized spacial score (nSPS) is 16.2. The van der Waals surface area contributed by atoms with Crippen LogP contribution in [0.1, 0.15) is 70.0 Å². The number of likely N-dealkylation sites (tertiary alicyclic amines) is 2. The van der Waals surface area contributed by atoms with E-state index in [2.05, 4.69) is 44.8 Å². The highest BCUT2D eigenvalue weighted by atomic mass is 16.5. The number of amides is 2. The van der Waals surface area contributed by atoms with E-state index in [1.165, 1.54) is 17.7 Å². The van der Waals surface area contributed by atoms with E-state index >= 15 is 0 Å². The number of hydrogen-bond donors (Lipinski definition) is 6. The number of rotatable bonds is 18. The molecule has 354 valence electrons. The summed E-state index contributed by atoms with van der Waals surface area (Å²) >= 11 is 0. The minimum Gasteiger partial charge on any atom is -0.506 e. The van der Waals surface area contributed by atoms with Crippen LogP contribution < -0.4 is 20.9 Å². The zero-order chi connectivity index (χ0) is 47.5. The maximum atomic E-state index is 13.9. The van der Waals surface area contributed by atoms with Crippen molar-refractivity contribution < 1.29 is 39.2 Å². The second-order valence-electron chi connectivity index (χ2n) is 17.9. The number of esters is 1. The number of piperidine rings is 2. The zero-order valence-corrected chi connectivity index (χ0v) is 38.0. The van der Waals surface area contributed by atoms with E-state index in [-0.39, 0.29) is 60.2 Å². The van der Waals surface area contributed by atoms with E-state index in [1.54, 1.807) is 89.8 Å². The van der Waals surface area contributed by atoms with E-state index in [1.807, 2.05) is 12.1 Å². The molecule has 2 fully saturated rings. The molecule has 68 heavy (non-hydrogen) atoms. The number of aromatic hydroxyl groups is 1. The lowest BCUT2D eigenvalue weighted by molar-refractivity contribution is -0.164. The van der Waals surface area contributed by atoms with Gasteiger partial charge in [-0.1, -0.05) is 91.0 Å². The summed E-state index contributed by atoms with van der Waals surface area (Å²) in [5.41, 5.74) is 1.78. The number of nitrogens with zero attached hydrogens (tertiary/aromatic N) is 2. The predicted octanol–water partition coefficient (Wildman–Crippen LogP) is 5.80. The third kappa shape index (κ3) is 11.8. The number of aromatic amines is 1. The Bertz CT molecular complexity index is 2700. The number of aromatic nitrogens is 1. The van der Waals surface area contributed by atoms with Gasteiger partial charge in [0.25, 0.3) is 5.91 Å². The molecule has 0 bridgehead atoms. The van der Waals surface area contributed by atoms with Crippen molar-refractivity contribution in [3.8, 4) is 11.5 Å². The number of pyridine rings is 1. The van der Waals surface area contributed by atoms with E-state index in [4.69, 9.17) is 9.47 Å². The molecule has 2 atom stereocenters. The molecule has 1 aromatic heterocycles. The molecular weight excluding hydrogens is 863 g/mol. The number of nitrogens with one attached hydrogen (secondary N) is 3. The number of phenolic OH excluding ortho intramolecular Hbond substituents is 1. The van der Waals surface area contributed by atoms with Crippen LogP contribution in [0.5, 0.6) is 11.5 Å². The lowest BCUT2D eigenvalue weighted by atomic mass is 9.86. The summed E-state index contributed by atoms with van der Waals surface area (Å²) in [5, 5.41) is 39.7. The second kappa shape index (κ2) is 22.3. The van der Waals surface area contributed by atoms with Crippen molar-refractivity contribution in [2.24, 2.45) is 11.8 Å². The van der Waals surface area contributed by atoms with Crippen LogP contribution in [0.15, 0.2) is 138 Å². The van der Waals surface area contributed by atoms with Gasteiger partial charge in [0, 0.05) is 55.3 Å². The van der Waals surface area contributed by atoms with Crippen LogP contribution in [0.3, 0.4) is 0 Å². The van der Waals surface area contributed by atoms with Crippen molar-refractivity contribution in [1.29, 1.82) is 0 Å². The van der Waals surface area contributed by atoms with Crippen molar-refractivity contribution in [2.75, 3.05) is 52.5 Å². The number of aliphatic hydroxyl groups excluding tert-OH is 1. The summed E-state index contributed by atoms with van der Waals surface area (Å²) in [6.45, 7) is 4.88. The molecule has 0 spiro atoms. The summed E-state index contributed by atoms with van der Waals surface area (Å²) in [4.78, 5) is 58.5. The quantitative estimate of drug-likeness (QED) is 0.0572. The molecular formula is C54H59N5O9. The molecule has 14 heteroatoms. The van der Waals surface area contributed by atoms with Gasteiger partial charge < -0.3 is 45.3 Å². The van der Waals surface area contributed by atoms with Crippen molar-refractivity contribution in [1.82, 2.24) is 25.4 Å². The van der Waals surface area contributed by atoms with Crippen molar-refractivity contribution >= 4 is 28.7 Å². The van der Waals surface area contributed by atoms with Crippen LogP contribution in [-0.2, 0) is 33.0 Å². The molecule has 6 aromatic rings. The van der Waals surface area contributed by atoms with Crippen LogP contribution in [-0.4, -0.2) is 100 Å². The fraction of sp³-hybridized carbons (Fsp3) is 0.333. The Hall–Kier alpha value is -6.84. The van der Waals surface area contributed by atoms with Gasteiger partial charge >= 0.3 is 5.97 Å². The lowest BCUT2D eigenvalue weighted by Gasteiger charge is -2.33. The molecule has 2 saturated heterocycles. The number of phenols is 1. The largest absolute Gasteiger partial charge is 0.506 e. The van der Waals surface area contributed by atoms with E-state index in [0.29, 0.717) is 72.5 Å². The maximum Gasteiger partial charge on any atom is 0.347 e. The smallest absolute Gasteiger partial charge is 0.347 e. The molecule has 14 nitrogen and oxygen atoms in total. The summed E-state index contributed by atoms with van der Waals surface area (Å²) in [6.07, 6.45) is 2.32. The zero-order valence-electron chi connectivity index (χ0n) is 38.0. The van der Waals surface area contributed by atoms with E-state index < -0.39 is 17.7 Å². The van der Waals surface area contributed by atoms with Crippen LogP contribution >= 0.6 is 0 Å². The van der Waals surface area contributed by atoms with Gasteiger partial charge in [0.05, 0.1) is 31.4 Å². The van der Waals surface area contributed by atoms with Gasteiger partial charge in [0.1, 0.15) is 11.5 Å². The van der Waals surface area contributed by atoms with Gasteiger partial charge in [-0.05, 0) is 109 Å². The minimum atomic E-state index is -2.04. The number of aliphatic hydroxyl groups is 2. The molecule has 6 N–H and O–H groups in total. The Morgan fingerprint density at radius 2 is 1.43 bits per heavy atom. The number of fused-ring (bicyclic) bond motifs is 1. The Balaban J connectivity index is 0.762. The molecule has 2 amide bonds. The number of carbonyl (C=O) groups is 3. The van der Waals surface area contributed by atoms with Crippen molar-refractivity contribution in [3.05, 3.63) is 177 Å². The minimum absolute atomic E-state index is 0.0759. The van der Waals surface area contributed by atoms with Gasteiger partial charge in [-0.3, -0.25) is 19.3 Å². The van der Waals surface area contributed by atoms with E-state index in [0.717, 1.165) is 38.0 Å². The fourth-order valence-corrected chi connectivity index (χ4v) is 9.06. The lowest BCUT2D eigenvalue weighted by Crippen LogP contribution is -2.44. The molecule has 0 saturated carbocycles.